The summed E-state index contributed by atoms with van der Waals surface area (Å²) in [6.45, 7) is 4.44. The highest BCUT2D eigenvalue weighted by molar-refractivity contribution is 9.09. The number of aromatic nitrogens is 1. The van der Waals surface area contributed by atoms with E-state index in [4.69, 9.17) is 25.8 Å². The summed E-state index contributed by atoms with van der Waals surface area (Å²) in [5.74, 6) is 2.24. The number of urea groups is 1. The normalized spacial score (nSPS) is 11.6. The predicted octanol–water partition coefficient (Wildman–Crippen LogP) is 6.34. The maximum Gasteiger partial charge on any atom is 0.319 e. The molecule has 7 nitrogen and oxygen atoms in total. The zero-order valence-corrected chi connectivity index (χ0v) is 19.7. The van der Waals surface area contributed by atoms with Crippen LogP contribution < -0.4 is 24.8 Å². The SMILES string of the molecule is CCCNC(=O)Nc1ccc(Oc2ccnc3cc(OC(C)Br)c(OC)cc23)cc1Cl. The molecule has 1 aromatic heterocycles. The van der Waals surface area contributed by atoms with Gasteiger partial charge in [0.1, 0.15) is 11.5 Å². The highest BCUT2D eigenvalue weighted by atomic mass is 79.9. The molecule has 164 valence electrons. The van der Waals surface area contributed by atoms with Crippen molar-refractivity contribution in [2.75, 3.05) is 19.0 Å². The van der Waals surface area contributed by atoms with Crippen molar-refractivity contribution in [2.45, 2.75) is 25.3 Å². The van der Waals surface area contributed by atoms with Crippen LogP contribution in [0.4, 0.5) is 10.5 Å². The lowest BCUT2D eigenvalue weighted by Crippen LogP contribution is -2.29. The van der Waals surface area contributed by atoms with E-state index in [1.807, 2.05) is 19.9 Å². The number of hydrogen-bond acceptors (Lipinski definition) is 5. The van der Waals surface area contributed by atoms with Crippen LogP contribution in [0.15, 0.2) is 42.6 Å². The van der Waals surface area contributed by atoms with E-state index in [0.717, 1.165) is 11.8 Å². The van der Waals surface area contributed by atoms with Crippen LogP contribution in [0.5, 0.6) is 23.0 Å². The molecule has 0 radical (unpaired) electrons. The molecule has 2 amide bonds. The number of pyridine rings is 1. The van der Waals surface area contributed by atoms with Crippen molar-refractivity contribution in [3.05, 3.63) is 47.6 Å². The van der Waals surface area contributed by atoms with Gasteiger partial charge in [0, 0.05) is 30.3 Å². The molecule has 0 aliphatic carbocycles. The number of carbonyl (C=O) groups excluding carboxylic acids is 1. The second-order valence-electron chi connectivity index (χ2n) is 6.61. The fourth-order valence-corrected chi connectivity index (χ4v) is 3.26. The van der Waals surface area contributed by atoms with Crippen LogP contribution >= 0.6 is 27.5 Å². The number of hydrogen-bond donors (Lipinski definition) is 2. The molecule has 0 bridgehead atoms. The lowest BCUT2D eigenvalue weighted by Gasteiger charge is -2.15. The van der Waals surface area contributed by atoms with Gasteiger partial charge in [-0.1, -0.05) is 18.5 Å². The maximum atomic E-state index is 11.9. The maximum absolute atomic E-state index is 11.9. The van der Waals surface area contributed by atoms with Crippen LogP contribution in [0, 0.1) is 0 Å². The van der Waals surface area contributed by atoms with E-state index in [-0.39, 0.29) is 11.0 Å². The molecule has 3 rings (SSSR count). The minimum atomic E-state index is -0.305. The average Bonchev–Trinajstić information content (AvgIpc) is 2.73. The summed E-state index contributed by atoms with van der Waals surface area (Å²) in [5, 5.41) is 6.39. The van der Waals surface area contributed by atoms with Crippen molar-refractivity contribution in [2.24, 2.45) is 0 Å². The number of benzene rings is 2. The molecule has 1 heterocycles. The monoisotopic (exact) mass is 507 g/mol. The van der Waals surface area contributed by atoms with Gasteiger partial charge in [0.2, 0.25) is 0 Å². The first-order valence-electron chi connectivity index (χ1n) is 9.71. The van der Waals surface area contributed by atoms with E-state index < -0.39 is 0 Å². The molecule has 0 saturated carbocycles. The number of anilines is 1. The van der Waals surface area contributed by atoms with E-state index in [9.17, 15) is 4.79 Å². The highest BCUT2D eigenvalue weighted by Gasteiger charge is 2.14. The van der Waals surface area contributed by atoms with Crippen LogP contribution in [0.25, 0.3) is 10.9 Å². The van der Waals surface area contributed by atoms with Crippen molar-refractivity contribution in [1.29, 1.82) is 0 Å². The number of carbonyl (C=O) groups is 1. The fourth-order valence-electron chi connectivity index (χ4n) is 2.84. The largest absolute Gasteiger partial charge is 0.493 e. The zero-order valence-electron chi connectivity index (χ0n) is 17.4. The third-order valence-corrected chi connectivity index (χ3v) is 4.73. The summed E-state index contributed by atoms with van der Waals surface area (Å²) < 4.78 is 17.3. The van der Waals surface area contributed by atoms with E-state index in [1.54, 1.807) is 43.6 Å². The third kappa shape index (κ3) is 5.92. The van der Waals surface area contributed by atoms with E-state index in [0.29, 0.717) is 45.8 Å². The number of alkyl halides is 1. The molecule has 0 aliphatic heterocycles. The van der Waals surface area contributed by atoms with Crippen molar-refractivity contribution < 1.29 is 19.0 Å². The van der Waals surface area contributed by atoms with Crippen molar-refractivity contribution in [1.82, 2.24) is 10.3 Å². The predicted molar refractivity (Wildman–Crippen MR) is 126 cm³/mol. The van der Waals surface area contributed by atoms with Crippen molar-refractivity contribution >= 4 is 50.2 Å². The first-order chi connectivity index (χ1) is 14.9. The summed E-state index contributed by atoms with van der Waals surface area (Å²) >= 11 is 9.70. The molecule has 0 saturated heterocycles. The molecular weight excluding hydrogens is 486 g/mol. The van der Waals surface area contributed by atoms with Crippen molar-refractivity contribution in [3.8, 4) is 23.0 Å². The van der Waals surface area contributed by atoms with Crippen LogP contribution in [0.1, 0.15) is 20.3 Å². The molecule has 0 fully saturated rings. The van der Waals surface area contributed by atoms with Gasteiger partial charge in [0.25, 0.3) is 0 Å². The first kappa shape index (κ1) is 23.0. The van der Waals surface area contributed by atoms with Gasteiger partial charge in [-0.25, -0.2) is 4.79 Å². The number of nitrogens with one attached hydrogen (secondary N) is 2. The lowest BCUT2D eigenvalue weighted by atomic mass is 10.2. The van der Waals surface area contributed by atoms with E-state index in [2.05, 4.69) is 31.5 Å². The Hall–Kier alpha value is -2.71. The molecular formula is C22H23BrClN3O4. The Kier molecular flexibility index (Phi) is 7.81. The number of methoxy groups -OCH3 is 1. The summed E-state index contributed by atoms with van der Waals surface area (Å²) in [6, 6.07) is 10.1. The first-order valence-corrected chi connectivity index (χ1v) is 11.0. The number of ether oxygens (including phenoxy) is 3. The van der Waals surface area contributed by atoms with Gasteiger partial charge >= 0.3 is 6.03 Å². The Morgan fingerprint density at radius 1 is 1.19 bits per heavy atom. The summed E-state index contributed by atoms with van der Waals surface area (Å²) in [4.78, 5) is 16.3. The standard InChI is InChI=1S/C22H23BrClN3O4/c1-4-8-26-22(28)27-17-6-5-14(10-16(17)24)31-19-7-9-25-18-12-21(30-13(2)23)20(29-3)11-15(18)19/h5-7,9-13H,4,8H2,1-3H3,(H2,26,27,28). The second-order valence-corrected chi connectivity index (χ2v) is 8.31. The number of rotatable bonds is 8. The minimum Gasteiger partial charge on any atom is -0.493 e. The molecule has 1 atom stereocenters. The molecule has 3 aromatic rings. The van der Waals surface area contributed by atoms with Gasteiger partial charge in [-0.2, -0.15) is 0 Å². The molecule has 0 spiro atoms. The number of amides is 2. The van der Waals surface area contributed by atoms with E-state index >= 15 is 0 Å². The smallest absolute Gasteiger partial charge is 0.319 e. The van der Waals surface area contributed by atoms with Crippen LogP contribution in [0.2, 0.25) is 5.02 Å². The zero-order chi connectivity index (χ0) is 22.4. The van der Waals surface area contributed by atoms with E-state index in [1.165, 1.54) is 0 Å². The Morgan fingerprint density at radius 3 is 2.68 bits per heavy atom. The lowest BCUT2D eigenvalue weighted by molar-refractivity contribution is 0.252. The van der Waals surface area contributed by atoms with Crippen molar-refractivity contribution in [3.63, 3.8) is 0 Å². The minimum absolute atomic E-state index is 0.184. The highest BCUT2D eigenvalue weighted by Crippen LogP contribution is 2.38. The third-order valence-electron chi connectivity index (χ3n) is 4.23. The molecule has 2 N–H and O–H groups in total. The Morgan fingerprint density at radius 2 is 2.00 bits per heavy atom. The summed E-state index contributed by atoms with van der Waals surface area (Å²) in [7, 11) is 1.58. The second kappa shape index (κ2) is 10.5. The Bertz CT molecular complexity index is 1080. The molecule has 9 heteroatoms. The molecule has 31 heavy (non-hydrogen) atoms. The quantitative estimate of drug-likeness (QED) is 0.347. The van der Waals surface area contributed by atoms with Gasteiger partial charge in [0.15, 0.2) is 16.5 Å². The Labute approximate surface area is 194 Å². The molecule has 2 aromatic carbocycles. The summed E-state index contributed by atoms with van der Waals surface area (Å²) in [6.07, 6.45) is 2.50. The van der Waals surface area contributed by atoms with Gasteiger partial charge in [0.05, 0.1) is 23.3 Å². The van der Waals surface area contributed by atoms with Crippen LogP contribution in [-0.2, 0) is 0 Å². The number of halogens is 2. The van der Waals surface area contributed by atoms with Crippen LogP contribution in [0.3, 0.4) is 0 Å². The number of nitrogens with zero attached hydrogens (tertiary/aromatic N) is 1. The van der Waals surface area contributed by atoms with Gasteiger partial charge in [-0.15, -0.1) is 0 Å². The fraction of sp³-hybridized carbons (Fsp3) is 0.273. The number of fused-ring (bicyclic) bond motifs is 1. The summed E-state index contributed by atoms with van der Waals surface area (Å²) in [5.41, 5.74) is 1.19. The van der Waals surface area contributed by atoms with Gasteiger partial charge in [-0.3, -0.25) is 4.98 Å². The molecule has 1 unspecified atom stereocenters. The topological polar surface area (TPSA) is 81.7 Å². The van der Waals surface area contributed by atoms with Gasteiger partial charge in [-0.05, 0) is 53.5 Å². The average molecular weight is 509 g/mol. The Balaban J connectivity index is 1.86. The van der Waals surface area contributed by atoms with Gasteiger partial charge < -0.3 is 24.8 Å². The van der Waals surface area contributed by atoms with Crippen LogP contribution in [-0.4, -0.2) is 29.7 Å². The molecule has 0 aliphatic rings.